The highest BCUT2D eigenvalue weighted by atomic mass is 32.3. The summed E-state index contributed by atoms with van der Waals surface area (Å²) in [5, 5.41) is 0. The first-order valence-electron chi connectivity index (χ1n) is 3.09. The molecule has 0 saturated heterocycles. The third-order valence-corrected chi connectivity index (χ3v) is 2.71. The number of rotatable bonds is 3. The number of hydrogen-bond acceptors (Lipinski definition) is 4. The molecule has 0 radical (unpaired) electrons. The van der Waals surface area contributed by atoms with Crippen LogP contribution < -0.4 is 4.72 Å². The van der Waals surface area contributed by atoms with Crippen molar-refractivity contribution in [2.45, 2.75) is 19.9 Å². The maximum Gasteiger partial charge on any atom is 0.0216 e. The Balaban J connectivity index is 3.87. The standard InChI is InChI=1S/C5H16N2O2S/c1-5(2)6-10(8,9)7(3)4/h5-6,8-9H,1-4H3. The zero-order valence-corrected chi connectivity index (χ0v) is 7.64. The Labute approximate surface area is 63.8 Å². The molecule has 0 aliphatic heterocycles. The molecule has 4 nitrogen and oxygen atoms in total. The molecule has 0 aliphatic carbocycles. The molecule has 0 spiro atoms. The van der Waals surface area contributed by atoms with Crippen LogP contribution in [0, 0.1) is 0 Å². The Kier molecular flexibility index (Phi) is 3.61. The Morgan fingerprint density at radius 2 is 1.70 bits per heavy atom. The van der Waals surface area contributed by atoms with Crippen LogP contribution in [-0.2, 0) is 0 Å². The van der Waals surface area contributed by atoms with E-state index in [1.165, 1.54) is 4.31 Å². The van der Waals surface area contributed by atoms with Gasteiger partial charge in [-0.3, -0.25) is 9.11 Å². The van der Waals surface area contributed by atoms with Crippen LogP contribution in [0.1, 0.15) is 13.8 Å². The van der Waals surface area contributed by atoms with Gasteiger partial charge < -0.3 is 0 Å². The fraction of sp³-hybridized carbons (Fsp3) is 1.00. The van der Waals surface area contributed by atoms with Gasteiger partial charge >= 0.3 is 0 Å². The first-order valence-corrected chi connectivity index (χ1v) is 4.59. The summed E-state index contributed by atoms with van der Waals surface area (Å²) in [6, 6.07) is 0.0763. The number of nitrogens with zero attached hydrogens (tertiary/aromatic N) is 1. The van der Waals surface area contributed by atoms with Crippen molar-refractivity contribution in [1.82, 2.24) is 9.03 Å². The second-order valence-corrected chi connectivity index (χ2v) is 4.61. The molecular formula is C5H16N2O2S. The van der Waals surface area contributed by atoms with E-state index in [0.29, 0.717) is 0 Å². The summed E-state index contributed by atoms with van der Waals surface area (Å²) in [5.74, 6) is 0. The molecule has 0 atom stereocenters. The SMILES string of the molecule is CC(C)NS(O)(O)N(C)C. The monoisotopic (exact) mass is 168 g/mol. The molecule has 0 aromatic carbocycles. The smallest absolute Gasteiger partial charge is 0.0216 e. The lowest BCUT2D eigenvalue weighted by Crippen LogP contribution is -2.35. The average molecular weight is 168 g/mol. The normalized spacial score (nSPS) is 14.8. The van der Waals surface area contributed by atoms with Crippen molar-refractivity contribution in [3.8, 4) is 0 Å². The van der Waals surface area contributed by atoms with Crippen molar-refractivity contribution in [2.24, 2.45) is 0 Å². The first-order chi connectivity index (χ1) is 4.36. The highest BCUT2D eigenvalue weighted by Crippen LogP contribution is 2.35. The summed E-state index contributed by atoms with van der Waals surface area (Å²) in [7, 11) is 0.517. The summed E-state index contributed by atoms with van der Waals surface area (Å²) in [5.41, 5.74) is 0. The molecule has 0 fully saturated rings. The highest BCUT2D eigenvalue weighted by Gasteiger charge is 2.14. The zero-order valence-electron chi connectivity index (χ0n) is 6.83. The van der Waals surface area contributed by atoms with Crippen LogP contribution in [0.5, 0.6) is 0 Å². The number of nitrogens with one attached hydrogen (secondary N) is 1. The average Bonchev–Trinajstić information content (AvgIpc) is 1.60. The predicted molar refractivity (Wildman–Crippen MR) is 44.8 cm³/mol. The van der Waals surface area contributed by atoms with Crippen LogP contribution in [0.3, 0.4) is 0 Å². The van der Waals surface area contributed by atoms with Gasteiger partial charge in [0.15, 0.2) is 0 Å². The molecule has 0 saturated carbocycles. The Bertz CT molecular complexity index is 106. The van der Waals surface area contributed by atoms with E-state index in [1.807, 2.05) is 13.8 Å². The van der Waals surface area contributed by atoms with Crippen LogP contribution in [0.25, 0.3) is 0 Å². The summed E-state index contributed by atoms with van der Waals surface area (Å²) < 4.78 is 22.4. The van der Waals surface area contributed by atoms with Crippen LogP contribution >= 0.6 is 11.0 Å². The minimum absolute atomic E-state index is 0.0763. The maximum atomic E-state index is 9.22. The molecule has 0 heterocycles. The largest absolute Gasteiger partial charge is 0.272 e. The minimum atomic E-state index is -2.71. The van der Waals surface area contributed by atoms with E-state index in [9.17, 15) is 9.11 Å². The molecule has 5 heteroatoms. The van der Waals surface area contributed by atoms with E-state index in [2.05, 4.69) is 4.72 Å². The van der Waals surface area contributed by atoms with Gasteiger partial charge in [-0.25, -0.2) is 4.72 Å². The molecule has 0 bridgehead atoms. The fourth-order valence-electron chi connectivity index (χ4n) is 0.422. The molecule has 0 aromatic rings. The topological polar surface area (TPSA) is 55.7 Å². The van der Waals surface area contributed by atoms with Crippen molar-refractivity contribution < 1.29 is 9.11 Å². The summed E-state index contributed by atoms with van der Waals surface area (Å²) in [6.07, 6.45) is 0. The third-order valence-electron chi connectivity index (χ3n) is 0.903. The van der Waals surface area contributed by atoms with Gasteiger partial charge in [-0.15, -0.1) is 0 Å². The Morgan fingerprint density at radius 1 is 1.30 bits per heavy atom. The van der Waals surface area contributed by atoms with E-state index < -0.39 is 11.0 Å². The van der Waals surface area contributed by atoms with E-state index in [-0.39, 0.29) is 6.04 Å². The lowest BCUT2D eigenvalue weighted by Gasteiger charge is -2.39. The van der Waals surface area contributed by atoms with Crippen LogP contribution in [0.4, 0.5) is 0 Å². The lowest BCUT2D eigenvalue weighted by molar-refractivity contribution is 0.391. The number of hydrogen-bond donors (Lipinski definition) is 3. The van der Waals surface area contributed by atoms with Gasteiger partial charge in [0.25, 0.3) is 0 Å². The fourth-order valence-corrected chi connectivity index (χ4v) is 1.26. The van der Waals surface area contributed by atoms with Gasteiger partial charge in [0.05, 0.1) is 0 Å². The minimum Gasteiger partial charge on any atom is -0.272 e. The molecule has 10 heavy (non-hydrogen) atoms. The van der Waals surface area contributed by atoms with Gasteiger partial charge in [-0.05, 0) is 13.8 Å². The zero-order chi connectivity index (χ0) is 8.36. The van der Waals surface area contributed by atoms with Crippen molar-refractivity contribution in [2.75, 3.05) is 14.1 Å². The summed E-state index contributed by atoms with van der Waals surface area (Å²) >= 11 is 0. The van der Waals surface area contributed by atoms with E-state index in [4.69, 9.17) is 0 Å². The molecule has 0 aromatic heterocycles. The van der Waals surface area contributed by atoms with Crippen molar-refractivity contribution in [3.05, 3.63) is 0 Å². The van der Waals surface area contributed by atoms with Gasteiger partial charge in [0.2, 0.25) is 0 Å². The van der Waals surface area contributed by atoms with Crippen molar-refractivity contribution in [3.63, 3.8) is 0 Å². The van der Waals surface area contributed by atoms with Gasteiger partial charge in [-0.1, -0.05) is 11.0 Å². The van der Waals surface area contributed by atoms with Crippen LogP contribution in [0.15, 0.2) is 0 Å². The van der Waals surface area contributed by atoms with E-state index >= 15 is 0 Å². The molecule has 0 amide bonds. The Hall–Kier alpha value is 0.190. The molecule has 64 valence electrons. The first kappa shape index (κ1) is 10.2. The van der Waals surface area contributed by atoms with Crippen LogP contribution in [0.2, 0.25) is 0 Å². The predicted octanol–water partition coefficient (Wildman–Crippen LogP) is 1.13. The lowest BCUT2D eigenvalue weighted by atomic mass is 10.4. The second kappa shape index (κ2) is 3.54. The maximum absolute atomic E-state index is 9.22. The Morgan fingerprint density at radius 3 is 1.80 bits per heavy atom. The molecule has 3 N–H and O–H groups in total. The second-order valence-electron chi connectivity index (χ2n) is 2.60. The van der Waals surface area contributed by atoms with Gasteiger partial charge in [0.1, 0.15) is 0 Å². The van der Waals surface area contributed by atoms with E-state index in [0.717, 1.165) is 0 Å². The molecule has 0 rings (SSSR count). The summed E-state index contributed by atoms with van der Waals surface area (Å²) in [6.45, 7) is 3.72. The van der Waals surface area contributed by atoms with E-state index in [1.54, 1.807) is 14.1 Å². The highest BCUT2D eigenvalue weighted by molar-refractivity contribution is 8.20. The third kappa shape index (κ3) is 3.38. The molecule has 0 unspecified atom stereocenters. The van der Waals surface area contributed by atoms with Crippen molar-refractivity contribution in [1.29, 1.82) is 0 Å². The van der Waals surface area contributed by atoms with Gasteiger partial charge in [-0.2, -0.15) is 4.31 Å². The van der Waals surface area contributed by atoms with Crippen molar-refractivity contribution >= 4 is 11.0 Å². The summed E-state index contributed by atoms with van der Waals surface area (Å²) in [4.78, 5) is 0. The van der Waals surface area contributed by atoms with Gasteiger partial charge in [0, 0.05) is 20.1 Å². The van der Waals surface area contributed by atoms with Crippen LogP contribution in [-0.4, -0.2) is 33.5 Å². The molecule has 0 aliphatic rings. The quantitative estimate of drug-likeness (QED) is 0.591. The molecular weight excluding hydrogens is 152 g/mol.